The highest BCUT2D eigenvalue weighted by atomic mass is 32.2. The second-order valence-electron chi connectivity index (χ2n) is 5.60. The molecule has 2 atom stereocenters. The molecule has 1 saturated heterocycles. The standard InChI is InChI=1S/C14H23N3O3S/c1-3-9-21(19,20)12(2)14(18)16-7-4-5-13(10-16)17-8-6-15-11-17/h6,8,11-13H,3-5,7,9-10H2,1-2H3/t12-,13+/m1/s1. The zero-order chi connectivity index (χ0) is 15.5. The minimum atomic E-state index is -3.34. The van der Waals surface area contributed by atoms with E-state index in [9.17, 15) is 13.2 Å². The molecule has 118 valence electrons. The lowest BCUT2D eigenvalue weighted by atomic mass is 10.1. The minimum absolute atomic E-state index is 0.0682. The maximum Gasteiger partial charge on any atom is 0.240 e. The van der Waals surface area contributed by atoms with Crippen LogP contribution in [-0.4, -0.2) is 52.9 Å². The first-order valence-corrected chi connectivity index (χ1v) is 9.15. The average Bonchev–Trinajstić information content (AvgIpc) is 3.00. The Balaban J connectivity index is 2.05. The molecule has 21 heavy (non-hydrogen) atoms. The summed E-state index contributed by atoms with van der Waals surface area (Å²) in [6.07, 6.45) is 7.75. The van der Waals surface area contributed by atoms with Crippen LogP contribution >= 0.6 is 0 Å². The maximum atomic E-state index is 12.5. The summed E-state index contributed by atoms with van der Waals surface area (Å²) in [5.74, 6) is -0.202. The summed E-state index contributed by atoms with van der Waals surface area (Å²) in [5, 5.41) is -0.945. The van der Waals surface area contributed by atoms with Crippen LogP contribution in [0.15, 0.2) is 18.7 Å². The summed E-state index contributed by atoms with van der Waals surface area (Å²) < 4.78 is 26.1. The van der Waals surface area contributed by atoms with E-state index in [2.05, 4.69) is 4.98 Å². The van der Waals surface area contributed by atoms with Gasteiger partial charge in [-0.05, 0) is 26.2 Å². The quantitative estimate of drug-likeness (QED) is 0.820. The number of aromatic nitrogens is 2. The van der Waals surface area contributed by atoms with E-state index in [0.29, 0.717) is 19.5 Å². The number of nitrogens with zero attached hydrogens (tertiary/aromatic N) is 3. The molecule has 1 amide bonds. The van der Waals surface area contributed by atoms with Crippen LogP contribution in [0.1, 0.15) is 39.2 Å². The highest BCUT2D eigenvalue weighted by Crippen LogP contribution is 2.22. The summed E-state index contributed by atoms with van der Waals surface area (Å²) in [4.78, 5) is 18.2. The van der Waals surface area contributed by atoms with Crippen molar-refractivity contribution in [2.45, 2.75) is 44.4 Å². The summed E-state index contributed by atoms with van der Waals surface area (Å²) in [5.41, 5.74) is 0. The first-order chi connectivity index (χ1) is 9.95. The van der Waals surface area contributed by atoms with E-state index >= 15 is 0 Å². The molecule has 1 fully saturated rings. The first kappa shape index (κ1) is 16.0. The number of piperidine rings is 1. The van der Waals surface area contributed by atoms with Crippen molar-refractivity contribution in [1.82, 2.24) is 14.5 Å². The topological polar surface area (TPSA) is 72.3 Å². The van der Waals surface area contributed by atoms with Crippen molar-refractivity contribution in [2.75, 3.05) is 18.8 Å². The van der Waals surface area contributed by atoms with Crippen LogP contribution in [0.5, 0.6) is 0 Å². The molecule has 1 aromatic rings. The van der Waals surface area contributed by atoms with Crippen LogP contribution in [-0.2, 0) is 14.6 Å². The summed E-state index contributed by atoms with van der Waals surface area (Å²) in [7, 11) is -3.34. The van der Waals surface area contributed by atoms with Gasteiger partial charge in [0.15, 0.2) is 9.84 Å². The van der Waals surface area contributed by atoms with Gasteiger partial charge >= 0.3 is 0 Å². The Morgan fingerprint density at radius 2 is 2.24 bits per heavy atom. The second kappa shape index (κ2) is 6.60. The fourth-order valence-corrected chi connectivity index (χ4v) is 4.13. The number of carbonyl (C=O) groups excluding carboxylic acids is 1. The molecule has 0 spiro atoms. The molecule has 0 aliphatic carbocycles. The number of imidazole rings is 1. The smallest absolute Gasteiger partial charge is 0.240 e. The predicted molar refractivity (Wildman–Crippen MR) is 80.6 cm³/mol. The van der Waals surface area contributed by atoms with Gasteiger partial charge in [-0.15, -0.1) is 0 Å². The zero-order valence-electron chi connectivity index (χ0n) is 12.6. The molecule has 6 nitrogen and oxygen atoms in total. The monoisotopic (exact) mass is 313 g/mol. The van der Waals surface area contributed by atoms with Crippen molar-refractivity contribution in [3.05, 3.63) is 18.7 Å². The molecule has 0 radical (unpaired) electrons. The van der Waals surface area contributed by atoms with Crippen LogP contribution in [0.2, 0.25) is 0 Å². The molecule has 0 aromatic carbocycles. The van der Waals surface area contributed by atoms with Crippen LogP contribution in [0.3, 0.4) is 0 Å². The summed E-state index contributed by atoms with van der Waals surface area (Å²) in [6, 6.07) is 0.186. The molecule has 0 unspecified atom stereocenters. The number of amides is 1. The van der Waals surface area contributed by atoms with E-state index in [4.69, 9.17) is 0 Å². The van der Waals surface area contributed by atoms with Crippen molar-refractivity contribution >= 4 is 15.7 Å². The summed E-state index contributed by atoms with van der Waals surface area (Å²) in [6.45, 7) is 4.51. The van der Waals surface area contributed by atoms with Crippen LogP contribution < -0.4 is 0 Å². The highest BCUT2D eigenvalue weighted by molar-refractivity contribution is 7.92. The fraction of sp³-hybridized carbons (Fsp3) is 0.714. The molecule has 2 heterocycles. The average molecular weight is 313 g/mol. The fourth-order valence-electron chi connectivity index (χ4n) is 2.76. The lowest BCUT2D eigenvalue weighted by Gasteiger charge is -2.34. The van der Waals surface area contributed by atoms with Gasteiger partial charge in [0.2, 0.25) is 5.91 Å². The molecule has 0 saturated carbocycles. The first-order valence-electron chi connectivity index (χ1n) is 7.43. The van der Waals surface area contributed by atoms with E-state index < -0.39 is 15.1 Å². The third-order valence-corrected chi connectivity index (χ3v) is 6.29. The molecular weight excluding hydrogens is 290 g/mol. The van der Waals surface area contributed by atoms with Gasteiger partial charge in [0.1, 0.15) is 5.25 Å². The van der Waals surface area contributed by atoms with E-state index in [1.165, 1.54) is 6.92 Å². The molecule has 2 rings (SSSR count). The van der Waals surface area contributed by atoms with Crippen molar-refractivity contribution in [3.63, 3.8) is 0 Å². The predicted octanol–water partition coefficient (Wildman–Crippen LogP) is 1.26. The van der Waals surface area contributed by atoms with Gasteiger partial charge in [-0.2, -0.15) is 0 Å². The largest absolute Gasteiger partial charge is 0.340 e. The number of rotatable bonds is 5. The minimum Gasteiger partial charge on any atom is -0.340 e. The van der Waals surface area contributed by atoms with Gasteiger partial charge < -0.3 is 9.47 Å². The number of sulfone groups is 1. The van der Waals surface area contributed by atoms with Gasteiger partial charge in [-0.25, -0.2) is 13.4 Å². The molecule has 7 heteroatoms. The molecule has 1 aromatic heterocycles. The number of likely N-dealkylation sites (tertiary alicyclic amines) is 1. The Kier molecular flexibility index (Phi) is 5.03. The van der Waals surface area contributed by atoms with Gasteiger partial charge in [-0.3, -0.25) is 4.79 Å². The molecule has 0 bridgehead atoms. The number of hydrogen-bond donors (Lipinski definition) is 0. The molecular formula is C14H23N3O3S. The van der Waals surface area contributed by atoms with E-state index in [1.807, 2.05) is 17.7 Å². The van der Waals surface area contributed by atoms with Gasteiger partial charge in [0.05, 0.1) is 18.1 Å². The number of hydrogen-bond acceptors (Lipinski definition) is 4. The Morgan fingerprint density at radius 3 is 2.86 bits per heavy atom. The Labute approximate surface area is 126 Å². The number of carbonyl (C=O) groups is 1. The third kappa shape index (κ3) is 3.64. The normalized spacial score (nSPS) is 21.2. The second-order valence-corrected chi connectivity index (χ2v) is 8.04. The lowest BCUT2D eigenvalue weighted by Crippen LogP contribution is -2.47. The van der Waals surface area contributed by atoms with E-state index in [1.54, 1.807) is 17.4 Å². The van der Waals surface area contributed by atoms with E-state index in [0.717, 1.165) is 12.8 Å². The van der Waals surface area contributed by atoms with Crippen molar-refractivity contribution < 1.29 is 13.2 Å². The van der Waals surface area contributed by atoms with Crippen LogP contribution in [0, 0.1) is 0 Å². The SMILES string of the molecule is CCCS(=O)(=O)[C@H](C)C(=O)N1CCC[C@H](n2ccnc2)C1. The maximum absolute atomic E-state index is 12.5. The Hall–Kier alpha value is -1.37. The van der Waals surface area contributed by atoms with Gasteiger partial charge in [0.25, 0.3) is 0 Å². The lowest BCUT2D eigenvalue weighted by molar-refractivity contribution is -0.132. The highest BCUT2D eigenvalue weighted by Gasteiger charge is 2.33. The third-order valence-electron chi connectivity index (χ3n) is 4.03. The summed E-state index contributed by atoms with van der Waals surface area (Å²) >= 11 is 0. The van der Waals surface area contributed by atoms with Gasteiger partial charge in [0, 0.05) is 25.5 Å². The van der Waals surface area contributed by atoms with Crippen molar-refractivity contribution in [2.24, 2.45) is 0 Å². The Bertz CT molecular complexity index is 568. The molecule has 0 N–H and O–H groups in total. The molecule has 1 aliphatic heterocycles. The Morgan fingerprint density at radius 1 is 1.48 bits per heavy atom. The van der Waals surface area contributed by atoms with Crippen molar-refractivity contribution in [1.29, 1.82) is 0 Å². The van der Waals surface area contributed by atoms with Crippen LogP contribution in [0.25, 0.3) is 0 Å². The zero-order valence-corrected chi connectivity index (χ0v) is 13.4. The van der Waals surface area contributed by atoms with Crippen molar-refractivity contribution in [3.8, 4) is 0 Å². The van der Waals surface area contributed by atoms with Crippen LogP contribution in [0.4, 0.5) is 0 Å². The van der Waals surface area contributed by atoms with Gasteiger partial charge in [-0.1, -0.05) is 6.92 Å². The molecule has 1 aliphatic rings. The van der Waals surface area contributed by atoms with E-state index in [-0.39, 0.29) is 17.7 Å².